The Morgan fingerprint density at radius 3 is 2.81 bits per heavy atom. The maximum absolute atomic E-state index is 11.5. The fraction of sp³-hybridized carbons (Fsp3) is 0.364. The van der Waals surface area contributed by atoms with Gasteiger partial charge in [0.05, 0.1) is 18.2 Å². The van der Waals surface area contributed by atoms with E-state index in [1.165, 1.54) is 7.11 Å². The van der Waals surface area contributed by atoms with Gasteiger partial charge in [-0.1, -0.05) is 18.5 Å². The Bertz CT molecular complexity index is 382. The van der Waals surface area contributed by atoms with E-state index in [0.717, 1.165) is 0 Å². The van der Waals surface area contributed by atoms with Gasteiger partial charge in [-0.2, -0.15) is 0 Å². The lowest BCUT2D eigenvalue weighted by Gasteiger charge is -2.11. The summed E-state index contributed by atoms with van der Waals surface area (Å²) in [6.07, 6.45) is 0.593. The van der Waals surface area contributed by atoms with E-state index in [1.807, 2.05) is 6.92 Å². The van der Waals surface area contributed by atoms with Gasteiger partial charge in [-0.05, 0) is 24.6 Å². The van der Waals surface area contributed by atoms with Gasteiger partial charge in [0.25, 0.3) is 0 Å². The third-order valence-electron chi connectivity index (χ3n) is 2.20. The molecule has 1 atom stereocenters. The Labute approximate surface area is 99.7 Å². The summed E-state index contributed by atoms with van der Waals surface area (Å²) in [5.41, 5.74) is 6.20. The summed E-state index contributed by atoms with van der Waals surface area (Å²) < 4.78 is 5.00. The van der Waals surface area contributed by atoms with Gasteiger partial charge < -0.3 is 15.8 Å². The Balaban J connectivity index is 2.75. The maximum Gasteiger partial charge on any atom is 0.241 e. The smallest absolute Gasteiger partial charge is 0.241 e. The van der Waals surface area contributed by atoms with Crippen LogP contribution in [0, 0.1) is 0 Å². The number of nitrogens with one attached hydrogen (secondary N) is 1. The van der Waals surface area contributed by atoms with E-state index in [1.54, 1.807) is 18.2 Å². The topological polar surface area (TPSA) is 64.4 Å². The van der Waals surface area contributed by atoms with E-state index in [9.17, 15) is 4.79 Å². The number of ether oxygens (including phenoxy) is 1. The van der Waals surface area contributed by atoms with Crippen molar-refractivity contribution in [1.82, 2.24) is 0 Å². The highest BCUT2D eigenvalue weighted by molar-refractivity contribution is 6.32. The number of halogens is 1. The highest BCUT2D eigenvalue weighted by atomic mass is 35.5. The fourth-order valence-electron chi connectivity index (χ4n) is 1.16. The number of methoxy groups -OCH3 is 1. The summed E-state index contributed by atoms with van der Waals surface area (Å²) in [4.78, 5) is 11.5. The first kappa shape index (κ1) is 12.8. The van der Waals surface area contributed by atoms with Crippen molar-refractivity contribution in [2.24, 2.45) is 5.73 Å². The van der Waals surface area contributed by atoms with Crippen LogP contribution in [0.15, 0.2) is 18.2 Å². The molecule has 0 aliphatic heterocycles. The molecule has 1 aromatic rings. The average Bonchev–Trinajstić information content (AvgIpc) is 2.28. The summed E-state index contributed by atoms with van der Waals surface area (Å²) in [5, 5.41) is 3.13. The third kappa shape index (κ3) is 3.12. The Morgan fingerprint density at radius 1 is 1.62 bits per heavy atom. The van der Waals surface area contributed by atoms with Gasteiger partial charge in [0, 0.05) is 5.69 Å². The van der Waals surface area contributed by atoms with Crippen LogP contribution < -0.4 is 15.8 Å². The number of rotatable bonds is 4. The molecule has 0 aliphatic carbocycles. The van der Waals surface area contributed by atoms with E-state index < -0.39 is 6.04 Å². The molecule has 1 rings (SSSR count). The van der Waals surface area contributed by atoms with E-state index in [2.05, 4.69) is 5.32 Å². The molecular weight excluding hydrogens is 228 g/mol. The van der Waals surface area contributed by atoms with Crippen LogP contribution in [-0.4, -0.2) is 19.1 Å². The maximum atomic E-state index is 11.5. The number of carbonyl (C=O) groups is 1. The highest BCUT2D eigenvalue weighted by Crippen LogP contribution is 2.27. The van der Waals surface area contributed by atoms with E-state index in [4.69, 9.17) is 22.1 Å². The molecule has 88 valence electrons. The minimum Gasteiger partial charge on any atom is -0.495 e. The molecule has 0 radical (unpaired) electrons. The molecule has 0 saturated heterocycles. The van der Waals surface area contributed by atoms with Gasteiger partial charge >= 0.3 is 0 Å². The van der Waals surface area contributed by atoms with Crippen LogP contribution in [0.1, 0.15) is 13.3 Å². The summed E-state index contributed by atoms with van der Waals surface area (Å²) in [6, 6.07) is 4.53. The zero-order chi connectivity index (χ0) is 12.1. The molecule has 0 unspecified atom stereocenters. The average molecular weight is 243 g/mol. The molecule has 0 fully saturated rings. The van der Waals surface area contributed by atoms with E-state index >= 15 is 0 Å². The predicted molar refractivity (Wildman–Crippen MR) is 64.9 cm³/mol. The number of nitrogens with two attached hydrogens (primary N) is 1. The SMILES string of the molecule is CC[C@@H](N)C(=O)Nc1ccc(OC)c(Cl)c1. The van der Waals surface area contributed by atoms with Gasteiger partial charge in [-0.25, -0.2) is 0 Å². The normalized spacial score (nSPS) is 12.0. The van der Waals surface area contributed by atoms with Gasteiger partial charge in [-0.3, -0.25) is 4.79 Å². The monoisotopic (exact) mass is 242 g/mol. The predicted octanol–water partition coefficient (Wildman–Crippen LogP) is 2.02. The number of hydrogen-bond acceptors (Lipinski definition) is 3. The molecule has 0 aliphatic rings. The van der Waals surface area contributed by atoms with Crippen LogP contribution in [0.3, 0.4) is 0 Å². The van der Waals surface area contributed by atoms with Gasteiger partial charge in [0.15, 0.2) is 0 Å². The molecule has 5 heteroatoms. The standard InChI is InChI=1S/C11H15ClN2O2/c1-3-9(13)11(15)14-7-4-5-10(16-2)8(12)6-7/h4-6,9H,3,13H2,1-2H3,(H,14,15)/t9-/m1/s1. The summed E-state index contributed by atoms with van der Waals surface area (Å²) in [6.45, 7) is 1.85. The Hall–Kier alpha value is -1.26. The molecule has 0 saturated carbocycles. The molecule has 0 spiro atoms. The molecule has 4 nitrogen and oxygen atoms in total. The third-order valence-corrected chi connectivity index (χ3v) is 2.49. The first-order valence-corrected chi connectivity index (χ1v) is 5.36. The van der Waals surface area contributed by atoms with Gasteiger partial charge in [-0.15, -0.1) is 0 Å². The largest absolute Gasteiger partial charge is 0.495 e. The second kappa shape index (κ2) is 5.72. The van der Waals surface area contributed by atoms with E-state index in [-0.39, 0.29) is 5.91 Å². The lowest BCUT2D eigenvalue weighted by atomic mass is 10.2. The van der Waals surface area contributed by atoms with Crippen LogP contribution >= 0.6 is 11.6 Å². The number of amides is 1. The lowest BCUT2D eigenvalue weighted by Crippen LogP contribution is -2.34. The zero-order valence-electron chi connectivity index (χ0n) is 9.29. The van der Waals surface area contributed by atoms with Crippen molar-refractivity contribution in [1.29, 1.82) is 0 Å². The van der Waals surface area contributed by atoms with Gasteiger partial charge in [0.1, 0.15) is 5.75 Å². The molecule has 3 N–H and O–H groups in total. The number of hydrogen-bond donors (Lipinski definition) is 2. The van der Waals surface area contributed by atoms with Crippen molar-refractivity contribution in [2.75, 3.05) is 12.4 Å². The minimum atomic E-state index is -0.499. The van der Waals surface area contributed by atoms with Crippen molar-refractivity contribution in [3.63, 3.8) is 0 Å². The Kier molecular flexibility index (Phi) is 4.58. The Morgan fingerprint density at radius 2 is 2.31 bits per heavy atom. The van der Waals surface area contributed by atoms with Crippen molar-refractivity contribution >= 4 is 23.2 Å². The second-order valence-electron chi connectivity index (χ2n) is 3.35. The molecule has 0 bridgehead atoms. The quantitative estimate of drug-likeness (QED) is 0.849. The van der Waals surface area contributed by atoms with Crippen molar-refractivity contribution in [3.05, 3.63) is 23.2 Å². The lowest BCUT2D eigenvalue weighted by molar-refractivity contribution is -0.117. The van der Waals surface area contributed by atoms with Crippen molar-refractivity contribution in [3.8, 4) is 5.75 Å². The van der Waals surface area contributed by atoms with E-state index in [0.29, 0.717) is 22.9 Å². The molecule has 16 heavy (non-hydrogen) atoms. The number of benzene rings is 1. The first-order valence-electron chi connectivity index (χ1n) is 4.98. The van der Waals surface area contributed by atoms with Crippen LogP contribution in [0.4, 0.5) is 5.69 Å². The summed E-state index contributed by atoms with van der Waals surface area (Å²) in [5.74, 6) is 0.350. The molecular formula is C11H15ClN2O2. The summed E-state index contributed by atoms with van der Waals surface area (Å²) >= 11 is 5.92. The first-order chi connectivity index (χ1) is 7.58. The van der Waals surface area contributed by atoms with Crippen LogP contribution in [0.2, 0.25) is 5.02 Å². The molecule has 1 aromatic carbocycles. The fourth-order valence-corrected chi connectivity index (χ4v) is 1.42. The molecule has 1 amide bonds. The number of anilines is 1. The minimum absolute atomic E-state index is 0.219. The van der Waals surface area contributed by atoms with Crippen LogP contribution in [0.25, 0.3) is 0 Å². The molecule has 0 aromatic heterocycles. The zero-order valence-corrected chi connectivity index (χ0v) is 10.0. The summed E-state index contributed by atoms with van der Waals surface area (Å²) in [7, 11) is 1.53. The van der Waals surface area contributed by atoms with Crippen LogP contribution in [-0.2, 0) is 4.79 Å². The van der Waals surface area contributed by atoms with Crippen molar-refractivity contribution < 1.29 is 9.53 Å². The van der Waals surface area contributed by atoms with Crippen molar-refractivity contribution in [2.45, 2.75) is 19.4 Å². The highest BCUT2D eigenvalue weighted by Gasteiger charge is 2.11. The number of carbonyl (C=O) groups excluding carboxylic acids is 1. The molecule has 0 heterocycles. The van der Waals surface area contributed by atoms with Crippen LogP contribution in [0.5, 0.6) is 5.75 Å². The van der Waals surface area contributed by atoms with Gasteiger partial charge in [0.2, 0.25) is 5.91 Å². The second-order valence-corrected chi connectivity index (χ2v) is 3.76.